The predicted molar refractivity (Wildman–Crippen MR) is 111 cm³/mol. The smallest absolute Gasteiger partial charge is 0.234 e. The summed E-state index contributed by atoms with van der Waals surface area (Å²) in [7, 11) is 1.66. The second-order valence-corrected chi connectivity index (χ2v) is 7.46. The van der Waals surface area contributed by atoms with Gasteiger partial charge in [-0.05, 0) is 56.1 Å². The summed E-state index contributed by atoms with van der Waals surface area (Å²) in [4.78, 5) is 19.0. The minimum absolute atomic E-state index is 0.197. The minimum atomic E-state index is -0.243. The normalized spacial score (nSPS) is 17.1. The number of carbonyl (C=O) groups is 1. The number of pyridine rings is 1. The molecule has 0 unspecified atom stereocenters. The lowest BCUT2D eigenvalue weighted by Crippen LogP contribution is -2.39. The number of hydrogen-bond acceptors (Lipinski definition) is 4. The quantitative estimate of drug-likeness (QED) is 0.739. The molecule has 5 nitrogen and oxygen atoms in total. The minimum Gasteiger partial charge on any atom is -0.497 e. The van der Waals surface area contributed by atoms with Gasteiger partial charge in [0.25, 0.3) is 0 Å². The van der Waals surface area contributed by atoms with Crippen LogP contribution in [0.15, 0.2) is 48.5 Å². The molecule has 2 aromatic carbocycles. The zero-order valence-corrected chi connectivity index (χ0v) is 16.3. The van der Waals surface area contributed by atoms with Crippen LogP contribution in [-0.4, -0.2) is 35.5 Å². The molecule has 1 aromatic heterocycles. The largest absolute Gasteiger partial charge is 0.497 e. The van der Waals surface area contributed by atoms with Crippen molar-refractivity contribution < 1.29 is 9.53 Å². The molecule has 2 N–H and O–H groups in total. The van der Waals surface area contributed by atoms with Crippen molar-refractivity contribution in [2.24, 2.45) is 5.73 Å². The van der Waals surface area contributed by atoms with Crippen LogP contribution in [0.2, 0.25) is 0 Å². The summed E-state index contributed by atoms with van der Waals surface area (Å²) in [5.41, 5.74) is 10.8. The van der Waals surface area contributed by atoms with E-state index in [4.69, 9.17) is 15.5 Å². The van der Waals surface area contributed by atoms with Crippen LogP contribution in [0.1, 0.15) is 24.0 Å². The molecule has 0 saturated carbocycles. The highest BCUT2D eigenvalue weighted by molar-refractivity contribution is 5.85. The Morgan fingerprint density at radius 3 is 2.86 bits per heavy atom. The van der Waals surface area contributed by atoms with Gasteiger partial charge in [0.05, 0.1) is 24.4 Å². The summed E-state index contributed by atoms with van der Waals surface area (Å²) in [6.45, 7) is 3.62. The maximum Gasteiger partial charge on any atom is 0.234 e. The Labute approximate surface area is 165 Å². The predicted octanol–water partition coefficient (Wildman–Crippen LogP) is 3.67. The molecule has 1 aliphatic heterocycles. The fourth-order valence-electron chi connectivity index (χ4n) is 4.04. The molecule has 28 heavy (non-hydrogen) atoms. The van der Waals surface area contributed by atoms with Crippen molar-refractivity contribution in [3.63, 3.8) is 0 Å². The highest BCUT2D eigenvalue weighted by atomic mass is 16.5. The van der Waals surface area contributed by atoms with Crippen LogP contribution in [0.5, 0.6) is 5.75 Å². The zero-order chi connectivity index (χ0) is 19.7. The van der Waals surface area contributed by atoms with E-state index in [1.807, 2.05) is 24.3 Å². The highest BCUT2D eigenvalue weighted by Crippen LogP contribution is 2.31. The summed E-state index contributed by atoms with van der Waals surface area (Å²) in [6, 6.07) is 16.3. The molecule has 4 rings (SSSR count). The third-order valence-electron chi connectivity index (χ3n) is 5.46. The second kappa shape index (κ2) is 7.60. The summed E-state index contributed by atoms with van der Waals surface area (Å²) < 4.78 is 5.37. The number of methoxy groups -OCH3 is 1. The first kappa shape index (κ1) is 18.4. The van der Waals surface area contributed by atoms with E-state index in [1.54, 1.807) is 7.11 Å². The van der Waals surface area contributed by atoms with Crippen LogP contribution in [0.4, 0.5) is 0 Å². The standard InChI is InChI=1S/C23H25N3O2/c1-15-5-3-6-17(11-15)22-18(14-26-10-4-7-21(26)23(24)27)12-16-8-9-19(28-2)13-20(16)25-22/h3,5-6,8-9,11-13,21H,4,7,10,14H2,1-2H3,(H2,24,27)/t21-/m0/s1. The summed E-state index contributed by atoms with van der Waals surface area (Å²) >= 11 is 0. The van der Waals surface area contributed by atoms with Gasteiger partial charge in [0, 0.05) is 23.6 Å². The summed E-state index contributed by atoms with van der Waals surface area (Å²) in [6.07, 6.45) is 1.82. The zero-order valence-electron chi connectivity index (χ0n) is 16.3. The summed E-state index contributed by atoms with van der Waals surface area (Å²) in [5, 5.41) is 1.06. The number of fused-ring (bicyclic) bond motifs is 1. The Bertz CT molecular complexity index is 1030. The number of nitrogens with two attached hydrogens (primary N) is 1. The Morgan fingerprint density at radius 1 is 1.25 bits per heavy atom. The first-order valence-corrected chi connectivity index (χ1v) is 9.63. The van der Waals surface area contributed by atoms with Crippen molar-refractivity contribution in [1.82, 2.24) is 9.88 Å². The average Bonchev–Trinajstić information content (AvgIpc) is 3.15. The molecule has 1 amide bonds. The molecule has 0 aliphatic carbocycles. The van der Waals surface area contributed by atoms with Gasteiger partial charge in [-0.3, -0.25) is 9.69 Å². The summed E-state index contributed by atoms with van der Waals surface area (Å²) in [5.74, 6) is 0.546. The van der Waals surface area contributed by atoms with Crippen molar-refractivity contribution in [3.05, 3.63) is 59.7 Å². The van der Waals surface area contributed by atoms with E-state index < -0.39 is 0 Å². The van der Waals surface area contributed by atoms with Crippen molar-refractivity contribution in [3.8, 4) is 17.0 Å². The molecular weight excluding hydrogens is 350 g/mol. The number of nitrogens with zero attached hydrogens (tertiary/aromatic N) is 2. The van der Waals surface area contributed by atoms with Gasteiger partial charge >= 0.3 is 0 Å². The van der Waals surface area contributed by atoms with Gasteiger partial charge < -0.3 is 10.5 Å². The lowest BCUT2D eigenvalue weighted by molar-refractivity contribution is -0.122. The van der Waals surface area contributed by atoms with Crippen molar-refractivity contribution in [2.75, 3.05) is 13.7 Å². The Balaban J connectivity index is 1.83. The third-order valence-corrected chi connectivity index (χ3v) is 5.46. The highest BCUT2D eigenvalue weighted by Gasteiger charge is 2.29. The lowest BCUT2D eigenvalue weighted by atomic mass is 10.0. The molecule has 0 bridgehead atoms. The number of amides is 1. The van der Waals surface area contributed by atoms with Crippen LogP contribution in [0.25, 0.3) is 22.2 Å². The first-order valence-electron chi connectivity index (χ1n) is 9.63. The monoisotopic (exact) mass is 375 g/mol. The first-order chi connectivity index (χ1) is 13.5. The van der Waals surface area contributed by atoms with Crippen LogP contribution in [-0.2, 0) is 11.3 Å². The van der Waals surface area contributed by atoms with Gasteiger partial charge in [-0.15, -0.1) is 0 Å². The topological polar surface area (TPSA) is 68.5 Å². The fourth-order valence-corrected chi connectivity index (χ4v) is 4.04. The van der Waals surface area contributed by atoms with Crippen LogP contribution in [0.3, 0.4) is 0 Å². The van der Waals surface area contributed by atoms with Gasteiger partial charge in [-0.2, -0.15) is 0 Å². The van der Waals surface area contributed by atoms with Crippen molar-refractivity contribution >= 4 is 16.8 Å². The Kier molecular flexibility index (Phi) is 5.01. The number of hydrogen-bond donors (Lipinski definition) is 1. The van der Waals surface area contributed by atoms with Crippen molar-refractivity contribution in [2.45, 2.75) is 32.4 Å². The number of aromatic nitrogens is 1. The Hall–Kier alpha value is -2.92. The number of primary amides is 1. The number of benzene rings is 2. The lowest BCUT2D eigenvalue weighted by Gasteiger charge is -2.23. The van der Waals surface area contributed by atoms with E-state index in [-0.39, 0.29) is 11.9 Å². The van der Waals surface area contributed by atoms with Gasteiger partial charge in [0.15, 0.2) is 0 Å². The molecule has 0 spiro atoms. The maximum atomic E-state index is 11.8. The fraction of sp³-hybridized carbons (Fsp3) is 0.304. The number of carbonyl (C=O) groups excluding carboxylic acids is 1. The molecule has 1 saturated heterocycles. The molecule has 1 aliphatic rings. The molecule has 1 atom stereocenters. The molecule has 2 heterocycles. The van der Waals surface area contributed by atoms with Crippen LogP contribution >= 0.6 is 0 Å². The van der Waals surface area contributed by atoms with Gasteiger partial charge in [0.1, 0.15) is 5.75 Å². The number of likely N-dealkylation sites (tertiary alicyclic amines) is 1. The van der Waals surface area contributed by atoms with E-state index in [1.165, 1.54) is 5.56 Å². The second-order valence-electron chi connectivity index (χ2n) is 7.46. The van der Waals surface area contributed by atoms with Crippen LogP contribution in [0, 0.1) is 6.92 Å². The molecule has 3 aromatic rings. The van der Waals surface area contributed by atoms with E-state index in [0.717, 1.165) is 52.9 Å². The molecule has 1 fully saturated rings. The van der Waals surface area contributed by atoms with Crippen LogP contribution < -0.4 is 10.5 Å². The molecular formula is C23H25N3O2. The van der Waals surface area contributed by atoms with Gasteiger partial charge in [-0.25, -0.2) is 4.98 Å². The van der Waals surface area contributed by atoms with E-state index in [0.29, 0.717) is 6.54 Å². The van der Waals surface area contributed by atoms with E-state index >= 15 is 0 Å². The maximum absolute atomic E-state index is 11.8. The van der Waals surface area contributed by atoms with Crippen molar-refractivity contribution in [1.29, 1.82) is 0 Å². The average molecular weight is 375 g/mol. The van der Waals surface area contributed by atoms with Gasteiger partial charge in [0.2, 0.25) is 5.91 Å². The van der Waals surface area contributed by atoms with Gasteiger partial charge in [-0.1, -0.05) is 23.8 Å². The SMILES string of the molecule is COc1ccc2cc(CN3CCC[C@H]3C(N)=O)c(-c3cccc(C)c3)nc2c1. The Morgan fingerprint density at radius 2 is 2.11 bits per heavy atom. The number of aryl methyl sites for hydroxylation is 1. The number of rotatable bonds is 5. The molecule has 0 radical (unpaired) electrons. The molecule has 5 heteroatoms. The van der Waals surface area contributed by atoms with E-state index in [9.17, 15) is 4.79 Å². The third kappa shape index (κ3) is 3.58. The number of ether oxygens (including phenoxy) is 1. The van der Waals surface area contributed by atoms with E-state index in [2.05, 4.69) is 36.1 Å². The molecule has 144 valence electrons.